The minimum absolute atomic E-state index is 0.182. The molecule has 2 amide bonds. The van der Waals surface area contributed by atoms with E-state index in [2.05, 4.69) is 10.6 Å². The molecule has 0 aliphatic rings. The van der Waals surface area contributed by atoms with Gasteiger partial charge >= 0.3 is 0 Å². The number of nitrogens with one attached hydrogen (secondary N) is 2. The third-order valence-electron chi connectivity index (χ3n) is 2.96. The van der Waals surface area contributed by atoms with E-state index in [1.54, 1.807) is 42.5 Å². The van der Waals surface area contributed by atoms with E-state index in [1.165, 1.54) is 6.92 Å². The summed E-state index contributed by atoms with van der Waals surface area (Å²) in [5.74, 6) is -0.439. The summed E-state index contributed by atoms with van der Waals surface area (Å²) in [6.45, 7) is 3.26. The first-order valence-electron chi connectivity index (χ1n) is 6.41. The molecule has 0 spiro atoms. The molecule has 0 heterocycles. The highest BCUT2D eigenvalue weighted by atomic mass is 35.5. The Hall–Kier alpha value is -2.33. The van der Waals surface area contributed by atoms with Crippen LogP contribution in [0.15, 0.2) is 42.5 Å². The molecule has 0 atom stereocenters. The fourth-order valence-corrected chi connectivity index (χ4v) is 2.05. The van der Waals surface area contributed by atoms with Gasteiger partial charge in [-0.05, 0) is 42.8 Å². The van der Waals surface area contributed by atoms with Gasteiger partial charge in [-0.3, -0.25) is 9.59 Å². The molecular weight excluding hydrogens is 288 g/mol. The average Bonchev–Trinajstić information content (AvgIpc) is 2.43. The number of hydrogen-bond acceptors (Lipinski definition) is 2. The minimum Gasteiger partial charge on any atom is -0.326 e. The highest BCUT2D eigenvalue weighted by molar-refractivity contribution is 6.31. The molecule has 5 heteroatoms. The SMILES string of the molecule is CC(=O)Nc1cccc(C(=O)Nc2cccc(Cl)c2C)c1. The van der Waals surface area contributed by atoms with Gasteiger partial charge in [0.15, 0.2) is 0 Å². The van der Waals surface area contributed by atoms with Gasteiger partial charge in [-0.25, -0.2) is 0 Å². The van der Waals surface area contributed by atoms with Crippen LogP contribution >= 0.6 is 11.6 Å². The van der Waals surface area contributed by atoms with E-state index < -0.39 is 0 Å². The van der Waals surface area contributed by atoms with Crippen molar-refractivity contribution in [2.24, 2.45) is 0 Å². The number of benzene rings is 2. The molecule has 4 nitrogen and oxygen atoms in total. The van der Waals surface area contributed by atoms with Crippen molar-refractivity contribution in [1.82, 2.24) is 0 Å². The smallest absolute Gasteiger partial charge is 0.255 e. The van der Waals surface area contributed by atoms with E-state index in [0.717, 1.165) is 5.56 Å². The predicted octanol–water partition coefficient (Wildman–Crippen LogP) is 3.86. The summed E-state index contributed by atoms with van der Waals surface area (Å²) in [6, 6.07) is 12.1. The van der Waals surface area contributed by atoms with Crippen molar-refractivity contribution in [2.45, 2.75) is 13.8 Å². The zero-order valence-electron chi connectivity index (χ0n) is 11.7. The monoisotopic (exact) mass is 302 g/mol. The van der Waals surface area contributed by atoms with E-state index in [1.807, 2.05) is 6.92 Å². The normalized spacial score (nSPS) is 10.0. The molecule has 2 N–H and O–H groups in total. The van der Waals surface area contributed by atoms with Crippen LogP contribution in [0.4, 0.5) is 11.4 Å². The maximum absolute atomic E-state index is 12.2. The summed E-state index contributed by atoms with van der Waals surface area (Å²) in [5.41, 5.74) is 2.52. The number of rotatable bonds is 3. The van der Waals surface area contributed by atoms with Crippen molar-refractivity contribution in [1.29, 1.82) is 0 Å². The highest BCUT2D eigenvalue weighted by Crippen LogP contribution is 2.23. The van der Waals surface area contributed by atoms with Crippen molar-refractivity contribution in [2.75, 3.05) is 10.6 Å². The van der Waals surface area contributed by atoms with Crippen molar-refractivity contribution in [3.63, 3.8) is 0 Å². The lowest BCUT2D eigenvalue weighted by Crippen LogP contribution is -2.13. The Labute approximate surface area is 128 Å². The molecule has 0 saturated heterocycles. The third kappa shape index (κ3) is 3.83. The molecular formula is C16H15ClN2O2. The Balaban J connectivity index is 2.20. The van der Waals surface area contributed by atoms with Crippen LogP contribution in [0.25, 0.3) is 0 Å². The molecule has 0 fully saturated rings. The molecule has 0 radical (unpaired) electrons. The van der Waals surface area contributed by atoms with Gasteiger partial charge in [-0.2, -0.15) is 0 Å². The van der Waals surface area contributed by atoms with Gasteiger partial charge in [0.2, 0.25) is 5.91 Å². The minimum atomic E-state index is -0.257. The zero-order chi connectivity index (χ0) is 15.4. The molecule has 0 aliphatic carbocycles. The first kappa shape index (κ1) is 15.1. The van der Waals surface area contributed by atoms with Crippen LogP contribution in [0.3, 0.4) is 0 Å². The van der Waals surface area contributed by atoms with Crippen molar-refractivity contribution >= 4 is 34.8 Å². The molecule has 0 aromatic heterocycles. The Morgan fingerprint density at radius 3 is 2.48 bits per heavy atom. The Bertz CT molecular complexity index is 698. The van der Waals surface area contributed by atoms with Gasteiger partial charge in [0.25, 0.3) is 5.91 Å². The molecule has 108 valence electrons. The summed E-state index contributed by atoms with van der Waals surface area (Å²) in [7, 11) is 0. The summed E-state index contributed by atoms with van der Waals surface area (Å²) in [4.78, 5) is 23.3. The molecule has 0 saturated carbocycles. The second kappa shape index (κ2) is 6.41. The summed E-state index contributed by atoms with van der Waals surface area (Å²) >= 11 is 6.03. The Morgan fingerprint density at radius 2 is 1.76 bits per heavy atom. The van der Waals surface area contributed by atoms with E-state index in [0.29, 0.717) is 22.0 Å². The second-order valence-corrected chi connectivity index (χ2v) is 5.04. The molecule has 0 unspecified atom stereocenters. The lowest BCUT2D eigenvalue weighted by molar-refractivity contribution is -0.114. The van der Waals surface area contributed by atoms with Crippen molar-refractivity contribution < 1.29 is 9.59 Å². The Kier molecular flexibility index (Phi) is 4.60. The van der Waals surface area contributed by atoms with E-state index in [9.17, 15) is 9.59 Å². The van der Waals surface area contributed by atoms with Crippen LogP contribution in [0.2, 0.25) is 5.02 Å². The first-order chi connectivity index (χ1) is 9.97. The van der Waals surface area contributed by atoms with E-state index >= 15 is 0 Å². The number of amides is 2. The van der Waals surface area contributed by atoms with Crippen molar-refractivity contribution in [3.05, 3.63) is 58.6 Å². The number of carbonyl (C=O) groups is 2. The second-order valence-electron chi connectivity index (χ2n) is 4.63. The van der Waals surface area contributed by atoms with Gasteiger partial charge in [-0.15, -0.1) is 0 Å². The van der Waals surface area contributed by atoms with Crippen LogP contribution in [0.1, 0.15) is 22.8 Å². The van der Waals surface area contributed by atoms with Crippen LogP contribution in [0, 0.1) is 6.92 Å². The fourth-order valence-electron chi connectivity index (χ4n) is 1.88. The number of halogens is 1. The first-order valence-corrected chi connectivity index (χ1v) is 6.79. The van der Waals surface area contributed by atoms with E-state index in [4.69, 9.17) is 11.6 Å². The van der Waals surface area contributed by atoms with Gasteiger partial charge in [0, 0.05) is 28.9 Å². The van der Waals surface area contributed by atoms with Gasteiger partial charge < -0.3 is 10.6 Å². The summed E-state index contributed by atoms with van der Waals surface area (Å²) < 4.78 is 0. The average molecular weight is 303 g/mol. The highest BCUT2D eigenvalue weighted by Gasteiger charge is 2.10. The third-order valence-corrected chi connectivity index (χ3v) is 3.37. The lowest BCUT2D eigenvalue weighted by atomic mass is 10.1. The maximum atomic E-state index is 12.2. The van der Waals surface area contributed by atoms with Crippen LogP contribution in [0.5, 0.6) is 0 Å². The Morgan fingerprint density at radius 1 is 1.05 bits per heavy atom. The zero-order valence-corrected chi connectivity index (χ0v) is 12.5. The molecule has 0 bridgehead atoms. The lowest BCUT2D eigenvalue weighted by Gasteiger charge is -2.10. The molecule has 21 heavy (non-hydrogen) atoms. The maximum Gasteiger partial charge on any atom is 0.255 e. The van der Waals surface area contributed by atoms with Gasteiger partial charge in [-0.1, -0.05) is 23.7 Å². The van der Waals surface area contributed by atoms with Crippen molar-refractivity contribution in [3.8, 4) is 0 Å². The molecule has 0 aliphatic heterocycles. The van der Waals surface area contributed by atoms with Gasteiger partial charge in [0.05, 0.1) is 0 Å². The molecule has 2 aromatic carbocycles. The standard InChI is InChI=1S/C16H15ClN2O2/c1-10-14(17)7-4-8-15(10)19-16(21)12-5-3-6-13(9-12)18-11(2)20/h3-9H,1-2H3,(H,18,20)(H,19,21). The summed E-state index contributed by atoms with van der Waals surface area (Å²) in [6.07, 6.45) is 0. The quantitative estimate of drug-likeness (QED) is 0.904. The largest absolute Gasteiger partial charge is 0.326 e. The summed E-state index contributed by atoms with van der Waals surface area (Å²) in [5, 5.41) is 6.05. The van der Waals surface area contributed by atoms with Crippen LogP contribution in [-0.4, -0.2) is 11.8 Å². The van der Waals surface area contributed by atoms with Crippen LogP contribution in [-0.2, 0) is 4.79 Å². The fraction of sp³-hybridized carbons (Fsp3) is 0.125. The topological polar surface area (TPSA) is 58.2 Å². The number of anilines is 2. The van der Waals surface area contributed by atoms with Gasteiger partial charge in [0.1, 0.15) is 0 Å². The van der Waals surface area contributed by atoms with Crippen LogP contribution < -0.4 is 10.6 Å². The number of carbonyl (C=O) groups excluding carboxylic acids is 2. The molecule has 2 aromatic rings. The predicted molar refractivity (Wildman–Crippen MR) is 84.9 cm³/mol. The van der Waals surface area contributed by atoms with E-state index in [-0.39, 0.29) is 11.8 Å². The molecule has 2 rings (SSSR count). The number of hydrogen-bond donors (Lipinski definition) is 2.